The lowest BCUT2D eigenvalue weighted by atomic mass is 10.0. The molecule has 1 aliphatic heterocycles. The van der Waals surface area contributed by atoms with Crippen molar-refractivity contribution < 1.29 is 9.47 Å². The third-order valence-corrected chi connectivity index (χ3v) is 3.57. The normalized spacial score (nSPS) is 14.5. The summed E-state index contributed by atoms with van der Waals surface area (Å²) in [7, 11) is 0. The fourth-order valence-corrected chi connectivity index (χ4v) is 2.59. The van der Waals surface area contributed by atoms with Gasteiger partial charge in [0.2, 0.25) is 0 Å². The average Bonchev–Trinajstić information content (AvgIpc) is 2.58. The van der Waals surface area contributed by atoms with E-state index in [1.165, 1.54) is 11.1 Å². The fourth-order valence-electron chi connectivity index (χ4n) is 2.02. The van der Waals surface area contributed by atoms with Crippen LogP contribution in [0.4, 0.5) is 0 Å². The van der Waals surface area contributed by atoms with Gasteiger partial charge < -0.3 is 15.2 Å². The summed E-state index contributed by atoms with van der Waals surface area (Å²) < 4.78 is 12.5. The van der Waals surface area contributed by atoms with Crippen molar-refractivity contribution in [3.8, 4) is 11.5 Å². The molecule has 2 rings (SSSR count). The van der Waals surface area contributed by atoms with Crippen LogP contribution < -0.4 is 15.2 Å². The van der Waals surface area contributed by atoms with Gasteiger partial charge in [0.15, 0.2) is 11.5 Å². The summed E-state index contributed by atoms with van der Waals surface area (Å²) in [5.74, 6) is 1.74. The first-order valence-electron chi connectivity index (χ1n) is 6.01. The lowest BCUT2D eigenvalue weighted by Gasteiger charge is -2.15. The molecule has 1 aromatic rings. The van der Waals surface area contributed by atoms with Crippen LogP contribution in [0.15, 0.2) is 10.5 Å². The minimum Gasteiger partial charge on any atom is -0.489 e. The summed E-state index contributed by atoms with van der Waals surface area (Å²) in [4.78, 5) is 0. The number of ether oxygens (including phenoxy) is 2. The molecule has 17 heavy (non-hydrogen) atoms. The minimum absolute atomic E-state index is 0.714. The van der Waals surface area contributed by atoms with Gasteiger partial charge in [-0.2, -0.15) is 0 Å². The van der Waals surface area contributed by atoms with Gasteiger partial charge in [0.25, 0.3) is 0 Å². The molecular formula is C13H18BrNO2. The average molecular weight is 300 g/mol. The Morgan fingerprint density at radius 3 is 2.71 bits per heavy atom. The van der Waals surface area contributed by atoms with Crippen LogP contribution in [0.1, 0.15) is 24.0 Å². The SMILES string of the molecule is Cc1c(CCCN)cc(Br)c2c1OCCCO2. The number of rotatable bonds is 3. The Bertz CT molecular complexity index is 407. The Kier molecular flexibility index (Phi) is 4.29. The number of hydrogen-bond donors (Lipinski definition) is 1. The van der Waals surface area contributed by atoms with Crippen molar-refractivity contribution in [2.24, 2.45) is 5.73 Å². The minimum atomic E-state index is 0.714. The highest BCUT2D eigenvalue weighted by Gasteiger charge is 2.18. The molecule has 0 aliphatic carbocycles. The van der Waals surface area contributed by atoms with E-state index in [1.807, 2.05) is 0 Å². The first-order valence-corrected chi connectivity index (χ1v) is 6.81. The molecule has 0 saturated carbocycles. The van der Waals surface area contributed by atoms with Crippen LogP contribution >= 0.6 is 15.9 Å². The van der Waals surface area contributed by atoms with Crippen LogP contribution in [-0.4, -0.2) is 19.8 Å². The Balaban J connectivity index is 2.38. The number of hydrogen-bond acceptors (Lipinski definition) is 3. The maximum Gasteiger partial charge on any atom is 0.175 e. The number of nitrogens with two attached hydrogens (primary N) is 1. The first-order chi connectivity index (χ1) is 8.24. The molecule has 0 amide bonds. The van der Waals surface area contributed by atoms with E-state index >= 15 is 0 Å². The van der Waals surface area contributed by atoms with Crippen LogP contribution in [0, 0.1) is 6.92 Å². The molecule has 4 heteroatoms. The van der Waals surface area contributed by atoms with Gasteiger partial charge >= 0.3 is 0 Å². The molecule has 0 bridgehead atoms. The van der Waals surface area contributed by atoms with E-state index in [9.17, 15) is 0 Å². The zero-order valence-corrected chi connectivity index (χ0v) is 11.7. The molecule has 0 atom stereocenters. The highest BCUT2D eigenvalue weighted by molar-refractivity contribution is 9.10. The first kappa shape index (κ1) is 12.7. The van der Waals surface area contributed by atoms with E-state index in [-0.39, 0.29) is 0 Å². The Morgan fingerprint density at radius 2 is 2.00 bits per heavy atom. The lowest BCUT2D eigenvalue weighted by Crippen LogP contribution is -2.03. The molecule has 0 radical (unpaired) electrons. The molecular weight excluding hydrogens is 282 g/mol. The van der Waals surface area contributed by atoms with Crippen molar-refractivity contribution in [3.05, 3.63) is 21.7 Å². The van der Waals surface area contributed by atoms with Crippen LogP contribution in [0.5, 0.6) is 11.5 Å². The van der Waals surface area contributed by atoms with E-state index in [0.29, 0.717) is 13.2 Å². The predicted molar refractivity (Wildman–Crippen MR) is 71.9 cm³/mol. The van der Waals surface area contributed by atoms with Crippen molar-refractivity contribution in [1.82, 2.24) is 0 Å². The molecule has 1 heterocycles. The van der Waals surface area contributed by atoms with Crippen LogP contribution in [0.3, 0.4) is 0 Å². The smallest absolute Gasteiger partial charge is 0.175 e. The van der Waals surface area contributed by atoms with Crippen LogP contribution in [-0.2, 0) is 6.42 Å². The van der Waals surface area contributed by atoms with Crippen molar-refractivity contribution in [2.45, 2.75) is 26.2 Å². The fraction of sp³-hybridized carbons (Fsp3) is 0.538. The van der Waals surface area contributed by atoms with E-state index in [1.54, 1.807) is 0 Å². The summed E-state index contributed by atoms with van der Waals surface area (Å²) in [5.41, 5.74) is 8.02. The highest BCUT2D eigenvalue weighted by atomic mass is 79.9. The predicted octanol–water partition coefficient (Wildman–Crippen LogP) is 2.81. The topological polar surface area (TPSA) is 44.5 Å². The maximum atomic E-state index is 5.79. The van der Waals surface area contributed by atoms with E-state index in [0.717, 1.165) is 41.8 Å². The molecule has 0 fully saturated rings. The Morgan fingerprint density at radius 1 is 1.29 bits per heavy atom. The van der Waals surface area contributed by atoms with Crippen molar-refractivity contribution >= 4 is 15.9 Å². The summed E-state index contributed by atoms with van der Waals surface area (Å²) in [6.45, 7) is 4.24. The van der Waals surface area contributed by atoms with E-state index in [2.05, 4.69) is 28.9 Å². The lowest BCUT2D eigenvalue weighted by molar-refractivity contribution is 0.296. The highest BCUT2D eigenvalue weighted by Crippen LogP contribution is 2.41. The molecule has 0 saturated heterocycles. The van der Waals surface area contributed by atoms with Gasteiger partial charge in [0.05, 0.1) is 17.7 Å². The largest absolute Gasteiger partial charge is 0.489 e. The molecule has 1 aliphatic rings. The number of benzene rings is 1. The molecule has 2 N–H and O–H groups in total. The van der Waals surface area contributed by atoms with E-state index in [4.69, 9.17) is 15.2 Å². The number of aryl methyl sites for hydroxylation is 1. The second kappa shape index (κ2) is 5.74. The van der Waals surface area contributed by atoms with Gasteiger partial charge in [0, 0.05) is 6.42 Å². The zero-order valence-electron chi connectivity index (χ0n) is 10.1. The quantitative estimate of drug-likeness (QED) is 0.933. The van der Waals surface area contributed by atoms with E-state index < -0.39 is 0 Å². The number of fused-ring (bicyclic) bond motifs is 1. The molecule has 0 spiro atoms. The summed E-state index contributed by atoms with van der Waals surface area (Å²) >= 11 is 3.56. The van der Waals surface area contributed by atoms with Crippen molar-refractivity contribution in [1.29, 1.82) is 0 Å². The van der Waals surface area contributed by atoms with Gasteiger partial charge in [-0.25, -0.2) is 0 Å². The van der Waals surface area contributed by atoms with Gasteiger partial charge in [0.1, 0.15) is 0 Å². The van der Waals surface area contributed by atoms with Gasteiger partial charge in [-0.05, 0) is 59.4 Å². The molecule has 94 valence electrons. The number of halogens is 1. The molecule has 0 unspecified atom stereocenters. The molecule has 3 nitrogen and oxygen atoms in total. The Labute approximate surface area is 110 Å². The molecule has 1 aromatic carbocycles. The zero-order chi connectivity index (χ0) is 12.3. The monoisotopic (exact) mass is 299 g/mol. The van der Waals surface area contributed by atoms with Gasteiger partial charge in [-0.15, -0.1) is 0 Å². The Hall–Kier alpha value is -0.740. The van der Waals surface area contributed by atoms with Crippen molar-refractivity contribution in [2.75, 3.05) is 19.8 Å². The third kappa shape index (κ3) is 2.75. The summed E-state index contributed by atoms with van der Waals surface area (Å²) in [6.07, 6.45) is 2.91. The van der Waals surface area contributed by atoms with Gasteiger partial charge in [-0.3, -0.25) is 0 Å². The van der Waals surface area contributed by atoms with Crippen molar-refractivity contribution in [3.63, 3.8) is 0 Å². The standard InChI is InChI=1S/C13H18BrNO2/c1-9-10(4-2-5-15)8-11(14)13-12(9)16-6-3-7-17-13/h8H,2-7,15H2,1H3. The van der Waals surface area contributed by atoms with Gasteiger partial charge in [-0.1, -0.05) is 0 Å². The van der Waals surface area contributed by atoms with Crippen LogP contribution in [0.2, 0.25) is 0 Å². The summed E-state index contributed by atoms with van der Waals surface area (Å²) in [5, 5.41) is 0. The second-order valence-electron chi connectivity index (χ2n) is 4.24. The summed E-state index contributed by atoms with van der Waals surface area (Å²) in [6, 6.07) is 2.12. The van der Waals surface area contributed by atoms with Crippen LogP contribution in [0.25, 0.3) is 0 Å². The second-order valence-corrected chi connectivity index (χ2v) is 5.10. The maximum absolute atomic E-state index is 5.79. The molecule has 0 aromatic heterocycles. The third-order valence-electron chi connectivity index (χ3n) is 2.98.